The van der Waals surface area contributed by atoms with Crippen LogP contribution in [0.5, 0.6) is 5.75 Å². The van der Waals surface area contributed by atoms with Crippen LogP contribution in [0.1, 0.15) is 0 Å². The molecule has 0 spiro atoms. The van der Waals surface area contributed by atoms with Crippen LogP contribution < -0.4 is 15.8 Å². The van der Waals surface area contributed by atoms with Gasteiger partial charge >= 0.3 is 5.76 Å². The zero-order valence-corrected chi connectivity index (χ0v) is 13.0. The summed E-state index contributed by atoms with van der Waals surface area (Å²) in [7, 11) is 1.52. The van der Waals surface area contributed by atoms with Gasteiger partial charge in [-0.3, -0.25) is 9.36 Å². The molecule has 1 aromatic heterocycles. The number of rotatable bonds is 4. The van der Waals surface area contributed by atoms with E-state index in [-0.39, 0.29) is 12.5 Å². The minimum Gasteiger partial charge on any atom is -0.495 e. The number of nitrogens with one attached hydrogen (secondary N) is 1. The summed E-state index contributed by atoms with van der Waals surface area (Å²) in [6.45, 7) is -0.175. The number of carbonyl (C=O) groups is 1. The number of hydrogen-bond acceptors (Lipinski definition) is 4. The molecule has 1 N–H and O–H groups in total. The van der Waals surface area contributed by atoms with E-state index >= 15 is 0 Å². The number of ether oxygens (including phenoxy) is 1. The molecule has 3 aromatic rings. The number of oxazole rings is 1. The van der Waals surface area contributed by atoms with E-state index in [2.05, 4.69) is 5.32 Å². The van der Waals surface area contributed by atoms with E-state index in [0.717, 1.165) is 0 Å². The zero-order chi connectivity index (χ0) is 16.4. The van der Waals surface area contributed by atoms with E-state index < -0.39 is 5.76 Å². The van der Waals surface area contributed by atoms with Crippen molar-refractivity contribution < 1.29 is 13.9 Å². The van der Waals surface area contributed by atoms with Gasteiger partial charge in [-0.25, -0.2) is 4.79 Å². The van der Waals surface area contributed by atoms with Gasteiger partial charge < -0.3 is 14.5 Å². The lowest BCUT2D eigenvalue weighted by atomic mass is 10.3. The second-order valence-corrected chi connectivity index (χ2v) is 5.25. The first-order valence-electron chi connectivity index (χ1n) is 6.80. The van der Waals surface area contributed by atoms with Crippen LogP contribution in [0.4, 0.5) is 5.69 Å². The first-order valence-corrected chi connectivity index (χ1v) is 7.18. The van der Waals surface area contributed by atoms with Gasteiger partial charge in [-0.2, -0.15) is 0 Å². The quantitative estimate of drug-likeness (QED) is 0.797. The second-order valence-electron chi connectivity index (χ2n) is 4.81. The van der Waals surface area contributed by atoms with Gasteiger partial charge in [-0.15, -0.1) is 0 Å². The van der Waals surface area contributed by atoms with Crippen molar-refractivity contribution in [2.75, 3.05) is 12.4 Å². The van der Waals surface area contributed by atoms with E-state index in [1.54, 1.807) is 36.4 Å². The SMILES string of the molecule is COc1ccccc1NC(=O)Cn1c(=O)oc2cc(Cl)ccc21. The maximum atomic E-state index is 12.2. The third-order valence-electron chi connectivity index (χ3n) is 3.31. The Morgan fingerprint density at radius 1 is 1.30 bits per heavy atom. The number of benzene rings is 2. The molecule has 0 aliphatic heterocycles. The molecule has 118 valence electrons. The summed E-state index contributed by atoms with van der Waals surface area (Å²) < 4.78 is 11.5. The van der Waals surface area contributed by atoms with Crippen LogP contribution in [0.25, 0.3) is 11.1 Å². The molecule has 1 heterocycles. The molecule has 23 heavy (non-hydrogen) atoms. The largest absolute Gasteiger partial charge is 0.495 e. The molecule has 0 unspecified atom stereocenters. The van der Waals surface area contributed by atoms with Crippen LogP contribution in [0.15, 0.2) is 51.7 Å². The number of methoxy groups -OCH3 is 1. The van der Waals surface area contributed by atoms with E-state index in [4.69, 9.17) is 20.8 Å². The zero-order valence-electron chi connectivity index (χ0n) is 12.2. The van der Waals surface area contributed by atoms with Gasteiger partial charge in [0.05, 0.1) is 18.3 Å². The van der Waals surface area contributed by atoms with Crippen molar-refractivity contribution in [1.82, 2.24) is 4.57 Å². The van der Waals surface area contributed by atoms with Crippen molar-refractivity contribution >= 4 is 34.3 Å². The van der Waals surface area contributed by atoms with Gasteiger partial charge in [0.1, 0.15) is 12.3 Å². The minimum atomic E-state index is -0.613. The third kappa shape index (κ3) is 3.07. The number of nitrogens with zero attached hydrogens (tertiary/aromatic N) is 1. The van der Waals surface area contributed by atoms with E-state index in [0.29, 0.717) is 27.6 Å². The van der Waals surface area contributed by atoms with Crippen LogP contribution in [0.3, 0.4) is 0 Å². The van der Waals surface area contributed by atoms with Gasteiger partial charge in [0.2, 0.25) is 5.91 Å². The van der Waals surface area contributed by atoms with Crippen LogP contribution in [0, 0.1) is 0 Å². The normalized spacial score (nSPS) is 10.7. The number of fused-ring (bicyclic) bond motifs is 1. The number of hydrogen-bond donors (Lipinski definition) is 1. The number of aromatic nitrogens is 1. The molecule has 0 atom stereocenters. The number of para-hydroxylation sites is 2. The average Bonchev–Trinajstić information content (AvgIpc) is 2.82. The molecular weight excluding hydrogens is 320 g/mol. The first kappa shape index (κ1) is 15.2. The van der Waals surface area contributed by atoms with E-state index in [1.807, 2.05) is 0 Å². The summed E-state index contributed by atoms with van der Waals surface area (Å²) in [5, 5.41) is 3.17. The minimum absolute atomic E-state index is 0.175. The predicted octanol–water partition coefficient (Wildman–Crippen LogP) is 2.90. The Balaban J connectivity index is 1.86. The molecule has 7 heteroatoms. The topological polar surface area (TPSA) is 73.5 Å². The van der Waals surface area contributed by atoms with Gasteiger partial charge in [-0.1, -0.05) is 23.7 Å². The predicted molar refractivity (Wildman–Crippen MR) is 87.1 cm³/mol. The average molecular weight is 333 g/mol. The summed E-state index contributed by atoms with van der Waals surface area (Å²) in [6, 6.07) is 11.8. The maximum Gasteiger partial charge on any atom is 0.420 e. The highest BCUT2D eigenvalue weighted by Gasteiger charge is 2.14. The molecule has 0 aliphatic carbocycles. The molecule has 2 aromatic carbocycles. The highest BCUT2D eigenvalue weighted by Crippen LogP contribution is 2.23. The Kier molecular flexibility index (Phi) is 4.08. The fraction of sp³-hybridized carbons (Fsp3) is 0.125. The maximum absolute atomic E-state index is 12.2. The Morgan fingerprint density at radius 2 is 2.09 bits per heavy atom. The molecular formula is C16H13ClN2O4. The molecule has 3 rings (SSSR count). The number of halogens is 1. The lowest BCUT2D eigenvalue weighted by Crippen LogP contribution is -2.24. The molecule has 1 amide bonds. The standard InChI is InChI=1S/C16H13ClN2O4/c1-22-13-5-3-2-4-11(13)18-15(20)9-19-12-7-6-10(17)8-14(12)23-16(19)21/h2-8H,9H2,1H3,(H,18,20). The number of carbonyl (C=O) groups excluding carboxylic acids is 1. The van der Waals surface area contributed by atoms with Gasteiger partial charge in [-0.05, 0) is 24.3 Å². The van der Waals surface area contributed by atoms with Crippen molar-refractivity contribution in [3.8, 4) is 5.75 Å². The Hall–Kier alpha value is -2.73. The molecule has 0 saturated carbocycles. The Bertz CT molecular complexity index is 929. The monoisotopic (exact) mass is 332 g/mol. The third-order valence-corrected chi connectivity index (χ3v) is 3.55. The highest BCUT2D eigenvalue weighted by atomic mass is 35.5. The lowest BCUT2D eigenvalue weighted by Gasteiger charge is -2.09. The van der Waals surface area contributed by atoms with Gasteiger partial charge in [0.15, 0.2) is 5.58 Å². The molecule has 6 nitrogen and oxygen atoms in total. The Labute approximate surface area is 136 Å². The fourth-order valence-electron chi connectivity index (χ4n) is 2.27. The summed E-state index contributed by atoms with van der Waals surface area (Å²) in [5.74, 6) is -0.441. The molecule has 0 radical (unpaired) electrons. The summed E-state index contributed by atoms with van der Waals surface area (Å²) in [4.78, 5) is 24.1. The van der Waals surface area contributed by atoms with Crippen molar-refractivity contribution in [2.45, 2.75) is 6.54 Å². The van der Waals surface area contributed by atoms with Crippen LogP contribution in [-0.4, -0.2) is 17.6 Å². The van der Waals surface area contributed by atoms with Crippen LogP contribution in [0.2, 0.25) is 5.02 Å². The molecule has 0 aliphatic rings. The lowest BCUT2D eigenvalue weighted by molar-refractivity contribution is -0.116. The fourth-order valence-corrected chi connectivity index (χ4v) is 2.43. The summed E-state index contributed by atoms with van der Waals surface area (Å²) >= 11 is 5.86. The van der Waals surface area contributed by atoms with Crippen molar-refractivity contribution in [3.05, 3.63) is 58.0 Å². The van der Waals surface area contributed by atoms with Crippen molar-refractivity contribution in [1.29, 1.82) is 0 Å². The first-order chi connectivity index (χ1) is 11.1. The molecule has 0 fully saturated rings. The van der Waals surface area contributed by atoms with Crippen LogP contribution >= 0.6 is 11.6 Å². The highest BCUT2D eigenvalue weighted by molar-refractivity contribution is 6.31. The van der Waals surface area contributed by atoms with Gasteiger partial charge in [0.25, 0.3) is 0 Å². The van der Waals surface area contributed by atoms with Crippen molar-refractivity contribution in [3.63, 3.8) is 0 Å². The van der Waals surface area contributed by atoms with E-state index in [9.17, 15) is 9.59 Å². The van der Waals surface area contributed by atoms with Crippen molar-refractivity contribution in [2.24, 2.45) is 0 Å². The summed E-state index contributed by atoms with van der Waals surface area (Å²) in [6.07, 6.45) is 0. The van der Waals surface area contributed by atoms with E-state index in [1.165, 1.54) is 17.7 Å². The summed E-state index contributed by atoms with van der Waals surface area (Å²) in [5.41, 5.74) is 1.38. The molecule has 0 bridgehead atoms. The van der Waals surface area contributed by atoms with Gasteiger partial charge in [0, 0.05) is 11.1 Å². The molecule has 0 saturated heterocycles. The number of amides is 1. The smallest absolute Gasteiger partial charge is 0.420 e. The van der Waals surface area contributed by atoms with Crippen LogP contribution in [-0.2, 0) is 11.3 Å². The number of anilines is 1. The Morgan fingerprint density at radius 3 is 2.87 bits per heavy atom. The second kappa shape index (κ2) is 6.18.